The number of piperidine rings is 2. The average Bonchev–Trinajstić information content (AvgIpc) is 2.94. The van der Waals surface area contributed by atoms with Gasteiger partial charge in [0.15, 0.2) is 0 Å². The van der Waals surface area contributed by atoms with E-state index in [0.717, 1.165) is 18.4 Å². The molecule has 2 fully saturated rings. The van der Waals surface area contributed by atoms with E-state index in [1.54, 1.807) is 42.5 Å². The molecule has 1 amide bonds. The number of carbonyl (C=O) groups excluding carboxylic acids is 1. The van der Waals surface area contributed by atoms with Gasteiger partial charge in [-0.05, 0) is 67.0 Å². The first-order chi connectivity index (χ1) is 17.4. The van der Waals surface area contributed by atoms with E-state index in [4.69, 9.17) is 0 Å². The molecule has 0 spiro atoms. The Hall–Kier alpha value is -3.03. The first kappa shape index (κ1) is 24.7. The third-order valence-electron chi connectivity index (χ3n) is 7.57. The van der Waals surface area contributed by atoms with Crippen molar-refractivity contribution in [2.75, 3.05) is 19.6 Å². The lowest BCUT2D eigenvalue weighted by Gasteiger charge is -2.41. The predicted molar refractivity (Wildman–Crippen MR) is 137 cm³/mol. The molecule has 188 valence electrons. The number of sulfonamides is 1. The van der Waals surface area contributed by atoms with E-state index in [1.807, 2.05) is 23.1 Å². The molecule has 7 heteroatoms. The molecule has 2 aliphatic rings. The lowest BCUT2D eigenvalue weighted by molar-refractivity contribution is -0.138. The molecule has 2 heterocycles. The number of likely N-dealkylation sites (tertiary alicyclic amines) is 1. The summed E-state index contributed by atoms with van der Waals surface area (Å²) in [6.45, 7) is 1.49. The Morgan fingerprint density at radius 3 is 2.00 bits per heavy atom. The highest BCUT2D eigenvalue weighted by Gasteiger charge is 2.41. The highest BCUT2D eigenvalue weighted by molar-refractivity contribution is 7.89. The minimum absolute atomic E-state index is 0.0346. The smallest absolute Gasteiger partial charge is 0.243 e. The summed E-state index contributed by atoms with van der Waals surface area (Å²) in [5, 5.41) is 0. The summed E-state index contributed by atoms with van der Waals surface area (Å²) in [4.78, 5) is 15.7. The normalized spacial score (nSPS) is 21.9. The summed E-state index contributed by atoms with van der Waals surface area (Å²) in [6, 6.07) is 24.3. The van der Waals surface area contributed by atoms with Crippen molar-refractivity contribution in [2.24, 2.45) is 5.92 Å². The molecule has 5 nitrogen and oxygen atoms in total. The maximum absolute atomic E-state index is 13.7. The van der Waals surface area contributed by atoms with Crippen LogP contribution in [0.1, 0.15) is 48.8 Å². The molecule has 36 heavy (non-hydrogen) atoms. The average molecular weight is 507 g/mol. The molecule has 0 bridgehead atoms. The van der Waals surface area contributed by atoms with Crippen LogP contribution in [0.5, 0.6) is 0 Å². The van der Waals surface area contributed by atoms with Crippen molar-refractivity contribution in [3.8, 4) is 0 Å². The molecule has 3 aromatic rings. The third-order valence-corrected chi connectivity index (χ3v) is 9.46. The van der Waals surface area contributed by atoms with E-state index in [1.165, 1.54) is 22.0 Å². The molecular weight excluding hydrogens is 475 g/mol. The fourth-order valence-corrected chi connectivity index (χ4v) is 7.28. The van der Waals surface area contributed by atoms with Crippen molar-refractivity contribution >= 4 is 15.9 Å². The third kappa shape index (κ3) is 5.08. The number of carbonyl (C=O) groups is 1. The summed E-state index contributed by atoms with van der Waals surface area (Å²) in [5.41, 5.74) is 2.05. The predicted octanol–water partition coefficient (Wildman–Crippen LogP) is 5.37. The molecule has 0 saturated carbocycles. The molecule has 2 unspecified atom stereocenters. The summed E-state index contributed by atoms with van der Waals surface area (Å²) >= 11 is 0. The van der Waals surface area contributed by atoms with Gasteiger partial charge in [-0.3, -0.25) is 4.79 Å². The Morgan fingerprint density at radius 1 is 0.750 bits per heavy atom. The minimum atomic E-state index is -3.84. The zero-order valence-corrected chi connectivity index (χ0v) is 21.0. The van der Waals surface area contributed by atoms with Gasteiger partial charge in [0.1, 0.15) is 5.82 Å². The summed E-state index contributed by atoms with van der Waals surface area (Å²) in [7, 11) is -3.84. The molecule has 0 radical (unpaired) electrons. The molecule has 2 aliphatic heterocycles. The first-order valence-electron chi connectivity index (χ1n) is 12.6. The van der Waals surface area contributed by atoms with Crippen LogP contribution < -0.4 is 0 Å². The number of amides is 1. The fourth-order valence-electron chi connectivity index (χ4n) is 5.57. The van der Waals surface area contributed by atoms with Gasteiger partial charge in [-0.15, -0.1) is 0 Å². The van der Waals surface area contributed by atoms with E-state index in [2.05, 4.69) is 12.1 Å². The van der Waals surface area contributed by atoms with Crippen LogP contribution in [0, 0.1) is 11.7 Å². The largest absolute Gasteiger partial charge is 0.342 e. The number of halogens is 1. The molecular formula is C29H31FN2O3S. The van der Waals surface area contributed by atoms with E-state index in [9.17, 15) is 17.6 Å². The lowest BCUT2D eigenvalue weighted by Crippen LogP contribution is -2.49. The minimum Gasteiger partial charge on any atom is -0.342 e. The molecule has 2 saturated heterocycles. The van der Waals surface area contributed by atoms with Crippen LogP contribution >= 0.6 is 0 Å². The number of hydrogen-bond donors (Lipinski definition) is 0. The SMILES string of the molecule is O=C(C1CCC(c2ccc(F)cc2)N(S(=O)(=O)c2ccccc2)C1)N1CCC(c2ccccc2)CC1. The van der Waals surface area contributed by atoms with Crippen LogP contribution in [0.4, 0.5) is 4.39 Å². The van der Waals surface area contributed by atoms with Crippen LogP contribution in [0.25, 0.3) is 0 Å². The van der Waals surface area contributed by atoms with Gasteiger partial charge in [0.2, 0.25) is 15.9 Å². The topological polar surface area (TPSA) is 57.7 Å². The molecule has 3 aromatic carbocycles. The quantitative estimate of drug-likeness (QED) is 0.467. The highest BCUT2D eigenvalue weighted by Crippen LogP contribution is 2.39. The van der Waals surface area contributed by atoms with Crippen molar-refractivity contribution in [3.63, 3.8) is 0 Å². The van der Waals surface area contributed by atoms with Crippen LogP contribution in [-0.4, -0.2) is 43.2 Å². The molecule has 5 rings (SSSR count). The Balaban J connectivity index is 1.35. The Morgan fingerprint density at radius 2 is 1.36 bits per heavy atom. The zero-order chi connectivity index (χ0) is 25.1. The van der Waals surface area contributed by atoms with Gasteiger partial charge in [-0.2, -0.15) is 4.31 Å². The maximum Gasteiger partial charge on any atom is 0.243 e. The summed E-state index contributed by atoms with van der Waals surface area (Å²) < 4.78 is 42.5. The van der Waals surface area contributed by atoms with Crippen LogP contribution in [0.2, 0.25) is 0 Å². The summed E-state index contributed by atoms with van der Waals surface area (Å²) in [6.07, 6.45) is 2.92. The van der Waals surface area contributed by atoms with Gasteiger partial charge in [0.05, 0.1) is 16.9 Å². The van der Waals surface area contributed by atoms with Crippen molar-refractivity contribution in [1.82, 2.24) is 9.21 Å². The highest BCUT2D eigenvalue weighted by atomic mass is 32.2. The first-order valence-corrected chi connectivity index (χ1v) is 14.0. The van der Waals surface area contributed by atoms with Crippen molar-refractivity contribution < 1.29 is 17.6 Å². The second kappa shape index (κ2) is 10.5. The molecule has 0 N–H and O–H groups in total. The number of benzene rings is 3. The molecule has 0 aromatic heterocycles. The van der Waals surface area contributed by atoms with E-state index in [0.29, 0.717) is 31.8 Å². The van der Waals surface area contributed by atoms with Crippen molar-refractivity contribution in [1.29, 1.82) is 0 Å². The van der Waals surface area contributed by atoms with Gasteiger partial charge < -0.3 is 4.90 Å². The van der Waals surface area contributed by atoms with E-state index in [-0.39, 0.29) is 23.2 Å². The number of hydrogen-bond acceptors (Lipinski definition) is 3. The van der Waals surface area contributed by atoms with Crippen LogP contribution in [-0.2, 0) is 14.8 Å². The lowest BCUT2D eigenvalue weighted by atomic mass is 9.87. The molecule has 2 atom stereocenters. The Labute approximate surface area is 212 Å². The monoisotopic (exact) mass is 506 g/mol. The standard InChI is InChI=1S/C29H31FN2O3S/c30-26-14-11-24(12-15-26)28-16-13-25(21-32(28)36(34,35)27-9-5-2-6-10-27)29(33)31-19-17-23(18-20-31)22-7-3-1-4-8-22/h1-12,14-15,23,25,28H,13,16-21H2. The van der Waals surface area contributed by atoms with Crippen molar-refractivity contribution in [2.45, 2.75) is 42.5 Å². The Kier molecular flexibility index (Phi) is 7.21. The van der Waals surface area contributed by atoms with Crippen LogP contribution in [0.3, 0.4) is 0 Å². The second-order valence-corrected chi connectivity index (χ2v) is 11.6. The maximum atomic E-state index is 13.7. The Bertz CT molecular complexity index is 1280. The zero-order valence-electron chi connectivity index (χ0n) is 20.2. The number of rotatable bonds is 5. The van der Waals surface area contributed by atoms with Gasteiger partial charge >= 0.3 is 0 Å². The van der Waals surface area contributed by atoms with Gasteiger partial charge in [0, 0.05) is 19.6 Å². The van der Waals surface area contributed by atoms with Crippen LogP contribution in [0.15, 0.2) is 89.8 Å². The number of nitrogens with zero attached hydrogens (tertiary/aromatic N) is 2. The van der Waals surface area contributed by atoms with Gasteiger partial charge in [-0.25, -0.2) is 12.8 Å². The fraction of sp³-hybridized carbons (Fsp3) is 0.345. The van der Waals surface area contributed by atoms with E-state index >= 15 is 0 Å². The van der Waals surface area contributed by atoms with Crippen molar-refractivity contribution in [3.05, 3.63) is 102 Å². The van der Waals surface area contributed by atoms with E-state index < -0.39 is 22.0 Å². The molecule has 0 aliphatic carbocycles. The van der Waals surface area contributed by atoms with Gasteiger partial charge in [0.25, 0.3) is 0 Å². The van der Waals surface area contributed by atoms with Gasteiger partial charge in [-0.1, -0.05) is 60.7 Å². The second-order valence-electron chi connectivity index (χ2n) is 9.74. The summed E-state index contributed by atoms with van der Waals surface area (Å²) in [5.74, 6) is -0.279.